The van der Waals surface area contributed by atoms with E-state index < -0.39 is 0 Å². The number of nitrogens with one attached hydrogen (secondary N) is 1. The van der Waals surface area contributed by atoms with Crippen molar-refractivity contribution >= 4 is 16.8 Å². The summed E-state index contributed by atoms with van der Waals surface area (Å²) in [5, 5.41) is 13.0. The molecular formula is C32H30FN3O2. The molecule has 0 unspecified atom stereocenters. The molecule has 1 aromatic heterocycles. The fraction of sp³-hybridized carbons (Fsp3) is 0.312. The first kappa shape index (κ1) is 24.2. The van der Waals surface area contributed by atoms with Gasteiger partial charge in [0.25, 0.3) is 5.91 Å². The first-order chi connectivity index (χ1) is 18.4. The van der Waals surface area contributed by atoms with Gasteiger partial charge in [-0.2, -0.15) is 5.26 Å². The summed E-state index contributed by atoms with van der Waals surface area (Å²) in [6, 6.07) is 20.6. The molecule has 38 heavy (non-hydrogen) atoms. The number of carbonyl (C=O) groups excluding carboxylic acids is 1. The molecule has 0 radical (unpaired) electrons. The van der Waals surface area contributed by atoms with E-state index in [0.29, 0.717) is 39.7 Å². The highest BCUT2D eigenvalue weighted by Crippen LogP contribution is 2.58. The van der Waals surface area contributed by atoms with E-state index in [2.05, 4.69) is 18.3 Å². The summed E-state index contributed by atoms with van der Waals surface area (Å²) < 4.78 is 22.0. The van der Waals surface area contributed by atoms with E-state index in [-0.39, 0.29) is 17.8 Å². The van der Waals surface area contributed by atoms with Crippen molar-refractivity contribution in [2.75, 3.05) is 7.11 Å². The topological polar surface area (TPSA) is 67.0 Å². The van der Waals surface area contributed by atoms with Gasteiger partial charge < -0.3 is 14.6 Å². The maximum absolute atomic E-state index is 14.7. The van der Waals surface area contributed by atoms with Gasteiger partial charge in [0.05, 0.1) is 29.8 Å². The van der Waals surface area contributed by atoms with Crippen molar-refractivity contribution in [3.63, 3.8) is 0 Å². The molecule has 3 aromatic carbocycles. The van der Waals surface area contributed by atoms with Crippen LogP contribution in [0.1, 0.15) is 54.1 Å². The summed E-state index contributed by atoms with van der Waals surface area (Å²) in [5.41, 5.74) is 4.99. The van der Waals surface area contributed by atoms with E-state index in [1.807, 2.05) is 47.2 Å². The van der Waals surface area contributed by atoms with Crippen LogP contribution in [0.5, 0.6) is 5.75 Å². The van der Waals surface area contributed by atoms with Crippen molar-refractivity contribution in [1.29, 1.82) is 5.26 Å². The van der Waals surface area contributed by atoms with Crippen molar-refractivity contribution in [3.8, 4) is 22.9 Å². The largest absolute Gasteiger partial charge is 0.497 e. The second-order valence-electron chi connectivity index (χ2n) is 11.2. The maximum atomic E-state index is 14.7. The number of hydrogen-bond acceptors (Lipinski definition) is 3. The lowest BCUT2D eigenvalue weighted by atomic mass is 9.50. The van der Waals surface area contributed by atoms with Crippen molar-refractivity contribution in [1.82, 2.24) is 9.88 Å². The molecule has 0 saturated heterocycles. The highest BCUT2D eigenvalue weighted by atomic mass is 19.1. The Bertz CT molecular complexity index is 1570. The van der Waals surface area contributed by atoms with Gasteiger partial charge >= 0.3 is 0 Å². The number of ether oxygens (including phenoxy) is 1. The smallest absolute Gasteiger partial charge is 0.253 e. The fourth-order valence-corrected chi connectivity index (χ4v) is 6.66. The predicted octanol–water partition coefficient (Wildman–Crippen LogP) is 6.68. The third-order valence-electron chi connectivity index (χ3n) is 8.29. The number of nitrogens with zero attached hydrogens (tertiary/aromatic N) is 2. The van der Waals surface area contributed by atoms with Crippen molar-refractivity contribution in [2.45, 2.75) is 45.2 Å². The molecule has 0 aliphatic heterocycles. The van der Waals surface area contributed by atoms with Crippen LogP contribution >= 0.6 is 0 Å². The molecule has 0 bridgehead atoms. The molecule has 2 fully saturated rings. The summed E-state index contributed by atoms with van der Waals surface area (Å²) in [4.78, 5) is 13.3. The molecule has 6 rings (SSSR count). The fourth-order valence-electron chi connectivity index (χ4n) is 6.66. The monoisotopic (exact) mass is 507 g/mol. The molecule has 1 N–H and O–H groups in total. The lowest BCUT2D eigenvalue weighted by Crippen LogP contribution is -2.55. The Hall–Kier alpha value is -4.11. The van der Waals surface area contributed by atoms with E-state index in [4.69, 9.17) is 4.74 Å². The summed E-state index contributed by atoms with van der Waals surface area (Å²) in [7, 11) is 1.58. The predicted molar refractivity (Wildman–Crippen MR) is 145 cm³/mol. The van der Waals surface area contributed by atoms with Crippen molar-refractivity contribution in [2.24, 2.45) is 11.3 Å². The van der Waals surface area contributed by atoms with Crippen LogP contribution in [0.2, 0.25) is 0 Å². The quantitative estimate of drug-likeness (QED) is 0.316. The Morgan fingerprint density at radius 3 is 2.53 bits per heavy atom. The second kappa shape index (κ2) is 9.33. The van der Waals surface area contributed by atoms with E-state index in [9.17, 15) is 14.4 Å². The van der Waals surface area contributed by atoms with Gasteiger partial charge in [0.2, 0.25) is 0 Å². The number of rotatable bonds is 6. The first-order valence-corrected chi connectivity index (χ1v) is 13.1. The second-order valence-corrected chi connectivity index (χ2v) is 11.2. The molecule has 6 heteroatoms. The molecule has 192 valence electrons. The molecule has 2 aliphatic rings. The van der Waals surface area contributed by atoms with E-state index in [1.165, 1.54) is 18.9 Å². The molecular weight excluding hydrogens is 477 g/mol. The van der Waals surface area contributed by atoms with Crippen LogP contribution in [0, 0.1) is 28.5 Å². The van der Waals surface area contributed by atoms with Crippen molar-refractivity contribution < 1.29 is 13.9 Å². The number of halogens is 1. The van der Waals surface area contributed by atoms with Crippen LogP contribution in [0.4, 0.5) is 4.39 Å². The Balaban J connectivity index is 1.23. The third kappa shape index (κ3) is 4.32. The molecule has 4 aromatic rings. The summed E-state index contributed by atoms with van der Waals surface area (Å²) in [6.45, 7) is 2.79. The summed E-state index contributed by atoms with van der Waals surface area (Å²) in [5.74, 6) is 0.965. The number of nitriles is 1. The zero-order chi connectivity index (χ0) is 26.4. The van der Waals surface area contributed by atoms with E-state index in [1.54, 1.807) is 25.3 Å². The Labute approximate surface area is 221 Å². The van der Waals surface area contributed by atoms with Crippen LogP contribution in [0.3, 0.4) is 0 Å². The minimum Gasteiger partial charge on any atom is -0.497 e. The molecule has 1 amide bonds. The van der Waals surface area contributed by atoms with Gasteiger partial charge in [-0.05, 0) is 90.1 Å². The molecule has 1 heterocycles. The van der Waals surface area contributed by atoms with Gasteiger partial charge in [0.1, 0.15) is 11.6 Å². The molecule has 5 nitrogen and oxygen atoms in total. The van der Waals surface area contributed by atoms with Crippen LogP contribution in [0.25, 0.3) is 22.0 Å². The third-order valence-corrected chi connectivity index (χ3v) is 8.29. The summed E-state index contributed by atoms with van der Waals surface area (Å²) >= 11 is 0. The van der Waals surface area contributed by atoms with E-state index >= 15 is 0 Å². The number of fused-ring (bicyclic) bond motifs is 1. The first-order valence-electron chi connectivity index (χ1n) is 13.1. The zero-order valence-electron chi connectivity index (χ0n) is 21.6. The highest BCUT2D eigenvalue weighted by Gasteiger charge is 2.51. The normalized spacial score (nSPS) is 21.9. The van der Waals surface area contributed by atoms with Gasteiger partial charge in [-0.25, -0.2) is 4.39 Å². The van der Waals surface area contributed by atoms with Gasteiger partial charge in [0.15, 0.2) is 0 Å². The van der Waals surface area contributed by atoms with Gasteiger partial charge in [-0.3, -0.25) is 4.79 Å². The van der Waals surface area contributed by atoms with Crippen molar-refractivity contribution in [3.05, 3.63) is 89.4 Å². The van der Waals surface area contributed by atoms with E-state index in [0.717, 1.165) is 35.4 Å². The maximum Gasteiger partial charge on any atom is 0.253 e. The Morgan fingerprint density at radius 2 is 1.84 bits per heavy atom. The highest BCUT2D eigenvalue weighted by molar-refractivity contribution is 6.06. The van der Waals surface area contributed by atoms with Crippen LogP contribution in [-0.4, -0.2) is 23.6 Å². The zero-order valence-corrected chi connectivity index (χ0v) is 21.6. The Morgan fingerprint density at radius 1 is 1.08 bits per heavy atom. The summed E-state index contributed by atoms with van der Waals surface area (Å²) in [6.07, 6.45) is 6.46. The number of aromatic nitrogens is 1. The van der Waals surface area contributed by atoms with Crippen LogP contribution in [-0.2, 0) is 6.54 Å². The minimum atomic E-state index is -0.331. The number of amides is 1. The molecule has 2 saturated carbocycles. The average Bonchev–Trinajstić information content (AvgIpc) is 3.31. The van der Waals surface area contributed by atoms with Gasteiger partial charge in [-0.15, -0.1) is 0 Å². The molecule has 2 aliphatic carbocycles. The lowest BCUT2D eigenvalue weighted by molar-refractivity contribution is -0.0399. The van der Waals surface area contributed by atoms with Crippen LogP contribution in [0.15, 0.2) is 66.9 Å². The average molecular weight is 508 g/mol. The standard InChI is InChI=1S/C32H30FN3O2/c1-20-14-32(15-20)16-25(17-32)35-31(37)28-7-8-29(33)27-9-10-36(30(27)28)19-21-3-5-23(6-4-21)24-11-22(18-34)12-26(13-24)38-2/h3-13,20,25H,14-17,19H2,1-2H3,(H,35,37). The van der Waals surface area contributed by atoms with Crippen LogP contribution < -0.4 is 10.1 Å². The van der Waals surface area contributed by atoms with Gasteiger partial charge in [0, 0.05) is 24.2 Å². The minimum absolute atomic E-state index is 0.135. The number of benzene rings is 3. The lowest BCUT2D eigenvalue weighted by Gasteiger charge is -2.57. The Kier molecular flexibility index (Phi) is 5.95. The SMILES string of the molecule is COc1cc(C#N)cc(-c2ccc(Cn3ccc4c(F)ccc(C(=O)NC5CC6(CC(C)C6)C5)c43)cc2)c1. The number of carbonyl (C=O) groups is 1. The molecule has 0 atom stereocenters. The number of methoxy groups -OCH3 is 1. The molecule has 1 spiro atoms. The van der Waals surface area contributed by atoms with Gasteiger partial charge in [-0.1, -0.05) is 31.2 Å². The number of hydrogen-bond donors (Lipinski definition) is 1.